The van der Waals surface area contributed by atoms with Gasteiger partial charge in [0.2, 0.25) is 22.9 Å². The van der Waals surface area contributed by atoms with Gasteiger partial charge in [-0.05, 0) is 16.9 Å². The average molecular weight is 374 g/mol. The highest BCUT2D eigenvalue weighted by Gasteiger charge is 2.41. The van der Waals surface area contributed by atoms with Crippen LogP contribution in [-0.2, 0) is 0 Å². The molecule has 0 atom stereocenters. The zero-order chi connectivity index (χ0) is 19.4. The minimum Gasteiger partial charge on any atom is -0.351 e. The minimum atomic E-state index is -0.740. The number of nitrogens with zero attached hydrogens (tertiary/aromatic N) is 2. The molecule has 0 aliphatic heterocycles. The molecule has 2 aromatic carbocycles. The first-order chi connectivity index (χ1) is 13.6. The third-order valence-electron chi connectivity index (χ3n) is 4.70. The molecule has 136 valence electrons. The highest BCUT2D eigenvalue weighted by molar-refractivity contribution is 6.28. The maximum absolute atomic E-state index is 13.0. The molecule has 8 nitrogen and oxygen atoms in total. The number of aromatic amines is 1. The fourth-order valence-corrected chi connectivity index (χ4v) is 3.30. The summed E-state index contributed by atoms with van der Waals surface area (Å²) in [5.41, 5.74) is 1.26. The molecule has 28 heavy (non-hydrogen) atoms. The number of H-pyrrole nitrogens is 1. The van der Waals surface area contributed by atoms with Gasteiger partial charge in [0.05, 0.1) is 0 Å². The molecule has 5 rings (SSSR count). The molecular weight excluding hydrogens is 362 g/mol. The average Bonchev–Trinajstić information content (AvgIpc) is 3.30. The van der Waals surface area contributed by atoms with Crippen molar-refractivity contribution in [1.82, 2.24) is 10.4 Å². The van der Waals surface area contributed by atoms with E-state index in [1.807, 2.05) is 19.1 Å². The lowest BCUT2D eigenvalue weighted by molar-refractivity contribution is -0.660. The Morgan fingerprint density at radius 3 is 2.32 bits per heavy atom. The van der Waals surface area contributed by atoms with Crippen LogP contribution in [0, 0.1) is 6.92 Å². The Morgan fingerprint density at radius 2 is 1.61 bits per heavy atom. The summed E-state index contributed by atoms with van der Waals surface area (Å²) in [4.78, 5) is 38.1. The molecule has 0 unspecified atom stereocenters. The molecule has 1 N–H and O–H groups in total. The Bertz CT molecular complexity index is 1320. The zero-order valence-electron chi connectivity index (χ0n) is 14.6. The van der Waals surface area contributed by atoms with Crippen molar-refractivity contribution in [2.24, 2.45) is 0 Å². The summed E-state index contributed by atoms with van der Waals surface area (Å²) in [6, 6.07) is 13.7. The predicted molar refractivity (Wildman–Crippen MR) is 94.4 cm³/mol. The second-order valence-corrected chi connectivity index (χ2v) is 6.44. The van der Waals surface area contributed by atoms with Crippen molar-refractivity contribution >= 4 is 11.6 Å². The Balaban J connectivity index is 1.74. The van der Waals surface area contributed by atoms with Crippen LogP contribution in [-0.4, -0.2) is 22.0 Å². The maximum Gasteiger partial charge on any atom is 0.437 e. The van der Waals surface area contributed by atoms with Gasteiger partial charge in [-0.15, -0.1) is 0 Å². The number of aromatic nitrogens is 3. The highest BCUT2D eigenvalue weighted by Crippen LogP contribution is 2.32. The fourth-order valence-electron chi connectivity index (χ4n) is 3.30. The van der Waals surface area contributed by atoms with E-state index in [1.165, 1.54) is 4.68 Å². The monoisotopic (exact) mass is 374 g/mol. The van der Waals surface area contributed by atoms with E-state index in [2.05, 4.69) is 10.4 Å². The molecule has 0 fully saturated rings. The van der Waals surface area contributed by atoms with Gasteiger partial charge >= 0.3 is 11.3 Å². The second kappa shape index (κ2) is 5.71. The van der Waals surface area contributed by atoms with Crippen LogP contribution >= 0.6 is 0 Å². The Kier molecular flexibility index (Phi) is 3.29. The molecule has 1 aliphatic carbocycles. The molecule has 4 aromatic rings. The van der Waals surface area contributed by atoms with Gasteiger partial charge in [-0.1, -0.05) is 47.1 Å². The van der Waals surface area contributed by atoms with Crippen LogP contribution in [0.1, 0.15) is 37.6 Å². The summed E-state index contributed by atoms with van der Waals surface area (Å²) in [6.07, 6.45) is 0. The summed E-state index contributed by atoms with van der Waals surface area (Å²) >= 11 is 0. The lowest BCUT2D eigenvalue weighted by Crippen LogP contribution is -2.36. The number of ketones is 2. The van der Waals surface area contributed by atoms with Gasteiger partial charge < -0.3 is 4.52 Å². The van der Waals surface area contributed by atoms with Gasteiger partial charge in [0.15, 0.2) is 5.78 Å². The molecule has 0 saturated heterocycles. The van der Waals surface area contributed by atoms with Crippen LogP contribution < -0.4 is 10.3 Å². The lowest BCUT2D eigenvalue weighted by atomic mass is 9.87. The van der Waals surface area contributed by atoms with Crippen LogP contribution in [0.2, 0.25) is 0 Å². The normalized spacial score (nSPS) is 12.8. The van der Waals surface area contributed by atoms with Gasteiger partial charge in [-0.3, -0.25) is 14.1 Å². The van der Waals surface area contributed by atoms with Crippen molar-refractivity contribution in [3.05, 3.63) is 87.0 Å². The Hall–Kier alpha value is -4.07. The van der Waals surface area contributed by atoms with E-state index in [1.54, 1.807) is 36.4 Å². The van der Waals surface area contributed by atoms with E-state index in [-0.39, 0.29) is 33.8 Å². The van der Waals surface area contributed by atoms with Crippen LogP contribution in [0.4, 0.5) is 0 Å². The second-order valence-electron chi connectivity index (χ2n) is 6.44. The van der Waals surface area contributed by atoms with E-state index >= 15 is 0 Å². The largest absolute Gasteiger partial charge is 0.437 e. The Labute approximate surface area is 157 Å². The molecule has 0 spiro atoms. The molecule has 0 bridgehead atoms. The van der Waals surface area contributed by atoms with Crippen molar-refractivity contribution in [2.45, 2.75) is 6.92 Å². The molecule has 2 aromatic heterocycles. The number of carbonyl (C=O) groups is 2. The number of rotatable bonds is 2. The van der Waals surface area contributed by atoms with Crippen LogP contribution in [0.15, 0.2) is 62.4 Å². The van der Waals surface area contributed by atoms with E-state index in [9.17, 15) is 14.4 Å². The number of aryl methyl sites for hydroxylation is 1. The molecule has 0 radical (unpaired) electrons. The van der Waals surface area contributed by atoms with Crippen molar-refractivity contribution in [3.63, 3.8) is 0 Å². The lowest BCUT2D eigenvalue weighted by Gasteiger charge is -2.11. The minimum absolute atomic E-state index is 0.0330. The standard InChI is InChI=1S/C20H11N3O5/c1-10-6-8-11(9-7-10)23-16(20(26)28-22-23)15-14-17(24)12-4-2-3-5-13(12)18(25)19(14)27-21-15/h2-9H,1H3/p+1. The van der Waals surface area contributed by atoms with E-state index in [4.69, 9.17) is 9.05 Å². The van der Waals surface area contributed by atoms with Crippen molar-refractivity contribution < 1.29 is 23.3 Å². The highest BCUT2D eigenvalue weighted by atomic mass is 16.5. The molecule has 2 heterocycles. The van der Waals surface area contributed by atoms with Gasteiger partial charge in [-0.2, -0.15) is 0 Å². The van der Waals surface area contributed by atoms with E-state index in [0.717, 1.165) is 5.56 Å². The van der Waals surface area contributed by atoms with Crippen molar-refractivity contribution in [1.29, 1.82) is 0 Å². The molecule has 0 amide bonds. The number of benzene rings is 2. The molecular formula is C20H12N3O5+. The third kappa shape index (κ3) is 2.14. The third-order valence-corrected chi connectivity index (χ3v) is 4.70. The molecule has 1 aliphatic rings. The number of fused-ring (bicyclic) bond motifs is 2. The van der Waals surface area contributed by atoms with Crippen LogP contribution in [0.3, 0.4) is 0 Å². The summed E-state index contributed by atoms with van der Waals surface area (Å²) < 4.78 is 11.5. The number of hydrogen-bond acceptors (Lipinski definition) is 6. The first-order valence-electron chi connectivity index (χ1n) is 8.45. The van der Waals surface area contributed by atoms with Crippen LogP contribution in [0.5, 0.6) is 0 Å². The molecule has 8 heteroatoms. The van der Waals surface area contributed by atoms with Gasteiger partial charge in [0.1, 0.15) is 5.56 Å². The number of nitrogens with one attached hydrogen (secondary N) is 1. The van der Waals surface area contributed by atoms with Crippen molar-refractivity contribution in [2.75, 3.05) is 0 Å². The quantitative estimate of drug-likeness (QED) is 0.473. The Morgan fingerprint density at radius 1 is 0.929 bits per heavy atom. The van der Waals surface area contributed by atoms with Gasteiger partial charge in [0.25, 0.3) is 0 Å². The van der Waals surface area contributed by atoms with Crippen molar-refractivity contribution in [3.8, 4) is 17.1 Å². The zero-order valence-corrected chi connectivity index (χ0v) is 14.6. The van der Waals surface area contributed by atoms with Gasteiger partial charge in [-0.25, -0.2) is 4.79 Å². The smallest absolute Gasteiger partial charge is 0.351 e. The van der Waals surface area contributed by atoms with E-state index in [0.29, 0.717) is 5.69 Å². The number of carbonyl (C=O) groups excluding carboxylic acids is 2. The summed E-state index contributed by atoms with van der Waals surface area (Å²) in [6.45, 7) is 1.93. The van der Waals surface area contributed by atoms with Gasteiger partial charge in [0, 0.05) is 23.3 Å². The van der Waals surface area contributed by atoms with E-state index < -0.39 is 17.2 Å². The predicted octanol–water partition coefficient (Wildman–Crippen LogP) is 1.98. The summed E-state index contributed by atoms with van der Waals surface area (Å²) in [7, 11) is 0. The molecule has 0 saturated carbocycles. The SMILES string of the molecule is Cc1ccc(-[n+]2[nH]oc(=O)c2-c2noc3c2C(=O)c2ccccc2C3=O)cc1. The fraction of sp³-hybridized carbons (Fsp3) is 0.0500. The topological polar surface area (TPSA) is 110 Å². The number of hydrogen-bond donors (Lipinski definition) is 1. The summed E-state index contributed by atoms with van der Waals surface area (Å²) in [5.74, 6) is -1.07. The van der Waals surface area contributed by atoms with Crippen LogP contribution in [0.25, 0.3) is 17.1 Å². The summed E-state index contributed by atoms with van der Waals surface area (Å²) in [5, 5.41) is 6.37. The maximum atomic E-state index is 13.0. The first-order valence-corrected chi connectivity index (χ1v) is 8.45. The first kappa shape index (κ1) is 16.1.